The molecular weight excluding hydrogens is 417 g/mol. The summed E-state index contributed by atoms with van der Waals surface area (Å²) in [4.78, 5) is 17.3. The third-order valence-corrected chi connectivity index (χ3v) is 7.16. The Balaban J connectivity index is 1.32. The van der Waals surface area contributed by atoms with E-state index in [0.29, 0.717) is 16.6 Å². The molecule has 2 fully saturated rings. The molecule has 2 aliphatic heterocycles. The Kier molecular flexibility index (Phi) is 6.57. The second-order valence-corrected chi connectivity index (χ2v) is 9.69. The lowest BCUT2D eigenvalue weighted by atomic mass is 9.79. The number of urea groups is 1. The first-order valence-electron chi connectivity index (χ1n) is 10.7. The predicted octanol–water partition coefficient (Wildman–Crippen LogP) is 5.50. The molecule has 0 bridgehead atoms. The van der Waals surface area contributed by atoms with Crippen molar-refractivity contribution in [2.45, 2.75) is 39.3 Å². The molecule has 0 aliphatic carbocycles. The van der Waals surface area contributed by atoms with E-state index >= 15 is 0 Å². The van der Waals surface area contributed by atoms with Crippen LogP contribution in [-0.4, -0.2) is 42.0 Å². The van der Waals surface area contributed by atoms with Gasteiger partial charge in [0.1, 0.15) is 0 Å². The fourth-order valence-corrected chi connectivity index (χ4v) is 5.09. The zero-order valence-electron chi connectivity index (χ0n) is 17.5. The molecule has 30 heavy (non-hydrogen) atoms. The van der Waals surface area contributed by atoms with Crippen molar-refractivity contribution in [2.75, 3.05) is 26.2 Å². The zero-order valence-corrected chi connectivity index (χ0v) is 19.0. The molecule has 1 atom stereocenters. The SMILES string of the molecule is Cc1ccc(CNC(=O)N2CCCC3(CCN(Cc4ccc(Cl)c(Cl)c4)C3)C2)cc1. The summed E-state index contributed by atoms with van der Waals surface area (Å²) in [5, 5.41) is 4.31. The van der Waals surface area contributed by atoms with Gasteiger partial charge in [0.05, 0.1) is 10.0 Å². The maximum Gasteiger partial charge on any atom is 0.317 e. The monoisotopic (exact) mass is 445 g/mol. The maximum absolute atomic E-state index is 12.8. The minimum atomic E-state index is 0.0533. The van der Waals surface area contributed by atoms with E-state index in [0.717, 1.165) is 51.1 Å². The summed E-state index contributed by atoms with van der Waals surface area (Å²) >= 11 is 12.2. The first-order chi connectivity index (χ1) is 14.4. The summed E-state index contributed by atoms with van der Waals surface area (Å²) < 4.78 is 0. The molecule has 1 N–H and O–H groups in total. The first kappa shape index (κ1) is 21.5. The molecule has 2 saturated heterocycles. The third-order valence-electron chi connectivity index (χ3n) is 6.42. The van der Waals surface area contributed by atoms with Crippen LogP contribution in [-0.2, 0) is 13.1 Å². The van der Waals surface area contributed by atoms with Crippen molar-refractivity contribution >= 4 is 29.2 Å². The van der Waals surface area contributed by atoms with E-state index in [1.165, 1.54) is 17.5 Å². The highest BCUT2D eigenvalue weighted by Crippen LogP contribution is 2.39. The number of aryl methyl sites for hydroxylation is 1. The van der Waals surface area contributed by atoms with Gasteiger partial charge in [-0.3, -0.25) is 4.90 Å². The van der Waals surface area contributed by atoms with Crippen LogP contribution >= 0.6 is 23.2 Å². The Bertz CT molecular complexity index is 902. The largest absolute Gasteiger partial charge is 0.334 e. The molecule has 2 heterocycles. The topological polar surface area (TPSA) is 35.6 Å². The van der Waals surface area contributed by atoms with E-state index in [-0.39, 0.29) is 11.4 Å². The predicted molar refractivity (Wildman–Crippen MR) is 123 cm³/mol. The normalized spacial score (nSPS) is 21.9. The number of carbonyl (C=O) groups is 1. The minimum Gasteiger partial charge on any atom is -0.334 e. The highest BCUT2D eigenvalue weighted by molar-refractivity contribution is 6.42. The number of nitrogens with one attached hydrogen (secondary N) is 1. The fourth-order valence-electron chi connectivity index (χ4n) is 4.77. The van der Waals surface area contributed by atoms with Crippen LogP contribution in [0.5, 0.6) is 0 Å². The van der Waals surface area contributed by atoms with E-state index in [1.54, 1.807) is 0 Å². The Hall–Kier alpha value is -1.75. The standard InChI is InChI=1S/C24H29Cl2N3O/c1-18-3-5-19(6-4-18)14-27-23(30)29-11-2-9-24(17-29)10-12-28(16-24)15-20-7-8-21(25)22(26)13-20/h3-8,13H,2,9-12,14-17H2,1H3,(H,27,30). The second kappa shape index (κ2) is 9.17. The van der Waals surface area contributed by atoms with Gasteiger partial charge in [-0.25, -0.2) is 4.79 Å². The summed E-state index contributed by atoms with van der Waals surface area (Å²) in [6.45, 7) is 7.28. The van der Waals surface area contributed by atoms with E-state index in [4.69, 9.17) is 23.2 Å². The van der Waals surface area contributed by atoms with Gasteiger partial charge >= 0.3 is 6.03 Å². The van der Waals surface area contributed by atoms with E-state index in [1.807, 2.05) is 23.1 Å². The molecule has 0 aromatic heterocycles. The van der Waals surface area contributed by atoms with Gasteiger partial charge in [-0.1, -0.05) is 59.1 Å². The highest BCUT2D eigenvalue weighted by atomic mass is 35.5. The highest BCUT2D eigenvalue weighted by Gasteiger charge is 2.42. The maximum atomic E-state index is 12.8. The molecule has 2 aromatic carbocycles. The van der Waals surface area contributed by atoms with Crippen LogP contribution in [0.3, 0.4) is 0 Å². The van der Waals surface area contributed by atoms with Crippen LogP contribution in [0, 0.1) is 12.3 Å². The number of rotatable bonds is 4. The molecular formula is C24H29Cl2N3O. The Morgan fingerprint density at radius 1 is 1.00 bits per heavy atom. The molecule has 4 rings (SSSR count). The number of halogens is 2. The molecule has 2 aromatic rings. The van der Waals surface area contributed by atoms with Crippen LogP contribution in [0.25, 0.3) is 0 Å². The van der Waals surface area contributed by atoms with Crippen molar-refractivity contribution in [1.82, 2.24) is 15.1 Å². The molecule has 4 nitrogen and oxygen atoms in total. The Morgan fingerprint density at radius 3 is 2.53 bits per heavy atom. The molecule has 2 amide bonds. The van der Waals surface area contributed by atoms with Gasteiger partial charge in [-0.2, -0.15) is 0 Å². The van der Waals surface area contributed by atoms with Crippen molar-refractivity contribution in [1.29, 1.82) is 0 Å². The van der Waals surface area contributed by atoms with Gasteiger partial charge in [0.15, 0.2) is 0 Å². The van der Waals surface area contributed by atoms with Crippen molar-refractivity contribution in [3.8, 4) is 0 Å². The lowest BCUT2D eigenvalue weighted by Crippen LogP contribution is -2.50. The molecule has 160 valence electrons. The number of likely N-dealkylation sites (tertiary alicyclic amines) is 2. The molecule has 6 heteroatoms. The van der Waals surface area contributed by atoms with Crippen LogP contribution in [0.4, 0.5) is 4.79 Å². The van der Waals surface area contributed by atoms with Gasteiger partial charge < -0.3 is 10.2 Å². The number of benzene rings is 2. The first-order valence-corrected chi connectivity index (χ1v) is 11.4. The van der Waals surface area contributed by atoms with Crippen LogP contribution < -0.4 is 5.32 Å². The number of amides is 2. The van der Waals surface area contributed by atoms with Crippen LogP contribution in [0.2, 0.25) is 10.0 Å². The molecule has 0 saturated carbocycles. The van der Waals surface area contributed by atoms with Crippen molar-refractivity contribution in [2.24, 2.45) is 5.41 Å². The Labute approximate surface area is 189 Å². The van der Waals surface area contributed by atoms with Gasteiger partial charge in [0.25, 0.3) is 0 Å². The smallest absolute Gasteiger partial charge is 0.317 e. The average molecular weight is 446 g/mol. The quantitative estimate of drug-likeness (QED) is 0.673. The van der Waals surface area contributed by atoms with E-state index < -0.39 is 0 Å². The lowest BCUT2D eigenvalue weighted by molar-refractivity contribution is 0.107. The number of nitrogens with zero attached hydrogens (tertiary/aromatic N) is 2. The van der Waals surface area contributed by atoms with Gasteiger partial charge in [-0.05, 0) is 56.0 Å². The summed E-state index contributed by atoms with van der Waals surface area (Å²) in [5.41, 5.74) is 3.75. The number of hydrogen-bond acceptors (Lipinski definition) is 2. The molecule has 1 unspecified atom stereocenters. The van der Waals surface area contributed by atoms with Gasteiger partial charge in [0, 0.05) is 38.1 Å². The third kappa shape index (κ3) is 5.11. The molecule has 1 spiro atoms. The lowest BCUT2D eigenvalue weighted by Gasteiger charge is -2.40. The van der Waals surface area contributed by atoms with Gasteiger partial charge in [0.2, 0.25) is 0 Å². The van der Waals surface area contributed by atoms with E-state index in [9.17, 15) is 4.79 Å². The van der Waals surface area contributed by atoms with Crippen molar-refractivity contribution in [3.63, 3.8) is 0 Å². The number of piperidine rings is 1. The summed E-state index contributed by atoms with van der Waals surface area (Å²) in [7, 11) is 0. The minimum absolute atomic E-state index is 0.0533. The average Bonchev–Trinajstić information content (AvgIpc) is 3.11. The van der Waals surface area contributed by atoms with Crippen molar-refractivity contribution in [3.05, 3.63) is 69.2 Å². The fraction of sp³-hybridized carbons (Fsp3) is 0.458. The van der Waals surface area contributed by atoms with E-state index in [2.05, 4.69) is 41.4 Å². The number of carbonyl (C=O) groups excluding carboxylic acids is 1. The summed E-state index contributed by atoms with van der Waals surface area (Å²) in [5.74, 6) is 0. The summed E-state index contributed by atoms with van der Waals surface area (Å²) in [6, 6.07) is 14.2. The van der Waals surface area contributed by atoms with Gasteiger partial charge in [-0.15, -0.1) is 0 Å². The van der Waals surface area contributed by atoms with Crippen LogP contribution in [0.1, 0.15) is 36.0 Å². The van der Waals surface area contributed by atoms with Crippen LogP contribution in [0.15, 0.2) is 42.5 Å². The second-order valence-electron chi connectivity index (χ2n) is 8.88. The number of hydrogen-bond donors (Lipinski definition) is 1. The Morgan fingerprint density at radius 2 is 1.77 bits per heavy atom. The summed E-state index contributed by atoms with van der Waals surface area (Å²) in [6.07, 6.45) is 3.39. The molecule has 2 aliphatic rings. The molecule has 0 radical (unpaired) electrons. The van der Waals surface area contributed by atoms with Crippen molar-refractivity contribution < 1.29 is 4.79 Å². The zero-order chi connectivity index (χ0) is 21.1.